The summed E-state index contributed by atoms with van der Waals surface area (Å²) in [4.78, 5) is 24.6. The molecule has 0 saturated heterocycles. The Hall–Kier alpha value is -1.91. The van der Waals surface area contributed by atoms with Gasteiger partial charge in [-0.15, -0.1) is 0 Å². The van der Waals surface area contributed by atoms with Crippen molar-refractivity contribution in [3.05, 3.63) is 29.1 Å². The summed E-state index contributed by atoms with van der Waals surface area (Å²) in [5.41, 5.74) is 1.27. The van der Waals surface area contributed by atoms with E-state index in [2.05, 4.69) is 4.74 Å². The first-order valence-corrected chi connectivity index (χ1v) is 6.13. The highest BCUT2D eigenvalue weighted by molar-refractivity contribution is 5.95. The van der Waals surface area contributed by atoms with E-state index in [4.69, 9.17) is 0 Å². The Balaban J connectivity index is 2.53. The predicted octanol–water partition coefficient (Wildman–Crippen LogP) is 2.16. The van der Waals surface area contributed by atoms with Gasteiger partial charge in [-0.2, -0.15) is 0 Å². The average molecular weight is 265 g/mol. The van der Waals surface area contributed by atoms with Crippen LogP contribution in [0, 0.1) is 11.7 Å². The summed E-state index contributed by atoms with van der Waals surface area (Å²) in [7, 11) is 1.21. The molecule has 102 valence electrons. The number of ether oxygens (including phenoxy) is 1. The van der Waals surface area contributed by atoms with Crippen LogP contribution in [-0.4, -0.2) is 25.5 Å². The molecule has 1 heterocycles. The molecule has 1 aliphatic heterocycles. The zero-order chi connectivity index (χ0) is 14.2. The molecule has 0 N–H and O–H groups in total. The van der Waals surface area contributed by atoms with Crippen LogP contribution in [0.3, 0.4) is 0 Å². The van der Waals surface area contributed by atoms with Gasteiger partial charge in [0.05, 0.1) is 12.7 Å². The van der Waals surface area contributed by atoms with Crippen LogP contribution < -0.4 is 4.90 Å². The Morgan fingerprint density at radius 3 is 2.68 bits per heavy atom. The van der Waals surface area contributed by atoms with Gasteiger partial charge in [-0.05, 0) is 30.0 Å². The number of nitrogens with zero attached hydrogens (tertiary/aromatic N) is 1. The van der Waals surface area contributed by atoms with Crippen molar-refractivity contribution >= 4 is 17.6 Å². The molecular weight excluding hydrogens is 249 g/mol. The number of halogens is 1. The van der Waals surface area contributed by atoms with Crippen LogP contribution in [0.5, 0.6) is 0 Å². The quantitative estimate of drug-likeness (QED) is 0.731. The highest BCUT2D eigenvalue weighted by Gasteiger charge is 2.27. The third kappa shape index (κ3) is 2.45. The van der Waals surface area contributed by atoms with Crippen LogP contribution in [0.25, 0.3) is 0 Å². The number of amides is 1. The van der Waals surface area contributed by atoms with Gasteiger partial charge in [-0.1, -0.05) is 6.92 Å². The largest absolute Gasteiger partial charge is 0.465 e. The smallest absolute Gasteiger partial charge is 0.340 e. The first-order chi connectivity index (χ1) is 8.93. The van der Waals surface area contributed by atoms with Gasteiger partial charge in [0.25, 0.3) is 0 Å². The van der Waals surface area contributed by atoms with E-state index in [1.807, 2.05) is 6.92 Å². The maximum absolute atomic E-state index is 13.9. The lowest BCUT2D eigenvalue weighted by Crippen LogP contribution is -2.38. The van der Waals surface area contributed by atoms with Crippen molar-refractivity contribution in [2.75, 3.05) is 18.6 Å². The van der Waals surface area contributed by atoms with Crippen molar-refractivity contribution in [3.8, 4) is 0 Å². The highest BCUT2D eigenvalue weighted by atomic mass is 19.1. The van der Waals surface area contributed by atoms with Crippen LogP contribution in [-0.2, 0) is 16.0 Å². The molecule has 1 aromatic carbocycles. The Kier molecular flexibility index (Phi) is 3.55. The molecule has 2 rings (SSSR count). The minimum atomic E-state index is -0.701. The molecule has 19 heavy (non-hydrogen) atoms. The summed E-state index contributed by atoms with van der Waals surface area (Å²) in [6.45, 7) is 4.04. The Morgan fingerprint density at radius 1 is 1.42 bits per heavy atom. The van der Waals surface area contributed by atoms with E-state index < -0.39 is 11.8 Å². The van der Waals surface area contributed by atoms with Gasteiger partial charge < -0.3 is 9.64 Å². The molecular formula is C14H16FNO3. The topological polar surface area (TPSA) is 46.6 Å². The molecule has 1 atom stereocenters. The van der Waals surface area contributed by atoms with Crippen molar-refractivity contribution < 1.29 is 18.7 Å². The molecule has 0 aliphatic carbocycles. The molecule has 1 aliphatic rings. The third-order valence-electron chi connectivity index (χ3n) is 3.31. The molecule has 0 aromatic heterocycles. The standard InChI is InChI=1S/C14H16FNO3/c1-8-4-10-5-11(14(18)19-3)12(15)6-13(10)16(7-8)9(2)17/h5-6,8H,4,7H2,1-3H3/t8-/m1/s1. The van der Waals surface area contributed by atoms with Crippen LogP contribution in [0.15, 0.2) is 12.1 Å². The van der Waals surface area contributed by atoms with Crippen molar-refractivity contribution in [3.63, 3.8) is 0 Å². The lowest BCUT2D eigenvalue weighted by atomic mass is 9.92. The van der Waals surface area contributed by atoms with E-state index in [1.54, 1.807) is 4.90 Å². The molecule has 4 nitrogen and oxygen atoms in total. The summed E-state index contributed by atoms with van der Waals surface area (Å²) in [6.07, 6.45) is 0.712. The number of carbonyl (C=O) groups excluding carboxylic acids is 2. The third-order valence-corrected chi connectivity index (χ3v) is 3.31. The van der Waals surface area contributed by atoms with E-state index in [1.165, 1.54) is 26.2 Å². The van der Waals surface area contributed by atoms with Gasteiger partial charge in [0.2, 0.25) is 5.91 Å². The van der Waals surface area contributed by atoms with Crippen molar-refractivity contribution in [2.24, 2.45) is 5.92 Å². The lowest BCUT2D eigenvalue weighted by molar-refractivity contribution is -0.116. The Morgan fingerprint density at radius 2 is 2.11 bits per heavy atom. The molecule has 0 spiro atoms. The highest BCUT2D eigenvalue weighted by Crippen LogP contribution is 2.32. The van der Waals surface area contributed by atoms with E-state index >= 15 is 0 Å². The van der Waals surface area contributed by atoms with Crippen LogP contribution in [0.1, 0.15) is 29.8 Å². The summed E-state index contributed by atoms with van der Waals surface area (Å²) in [5.74, 6) is -1.22. The Bertz CT molecular complexity index is 542. The maximum Gasteiger partial charge on any atom is 0.340 e. The number of fused-ring (bicyclic) bond motifs is 1. The second-order valence-corrected chi connectivity index (χ2v) is 4.89. The summed E-state index contributed by atoms with van der Waals surface area (Å²) < 4.78 is 18.5. The van der Waals surface area contributed by atoms with Crippen molar-refractivity contribution in [1.29, 1.82) is 0 Å². The van der Waals surface area contributed by atoms with Gasteiger partial charge in [0.15, 0.2) is 0 Å². The number of methoxy groups -OCH3 is 1. The average Bonchev–Trinajstić information content (AvgIpc) is 2.36. The minimum absolute atomic E-state index is 0.0844. The second-order valence-electron chi connectivity index (χ2n) is 4.89. The zero-order valence-electron chi connectivity index (χ0n) is 11.2. The van der Waals surface area contributed by atoms with Gasteiger partial charge in [0, 0.05) is 19.2 Å². The Labute approximate surface area is 111 Å². The van der Waals surface area contributed by atoms with E-state index in [0.717, 1.165) is 5.56 Å². The number of benzene rings is 1. The second kappa shape index (κ2) is 4.99. The number of hydrogen-bond donors (Lipinski definition) is 0. The number of hydrogen-bond acceptors (Lipinski definition) is 3. The SMILES string of the molecule is COC(=O)c1cc2c(cc1F)N(C(C)=O)C[C@H](C)C2. The number of esters is 1. The van der Waals surface area contributed by atoms with Crippen LogP contribution in [0.4, 0.5) is 10.1 Å². The zero-order valence-corrected chi connectivity index (χ0v) is 11.2. The van der Waals surface area contributed by atoms with Gasteiger partial charge in [0.1, 0.15) is 5.82 Å². The summed E-state index contributed by atoms with van der Waals surface area (Å²) >= 11 is 0. The molecule has 0 bridgehead atoms. The predicted molar refractivity (Wildman–Crippen MR) is 68.6 cm³/mol. The van der Waals surface area contributed by atoms with E-state index in [0.29, 0.717) is 18.7 Å². The maximum atomic E-state index is 13.9. The van der Waals surface area contributed by atoms with Crippen molar-refractivity contribution in [2.45, 2.75) is 20.3 Å². The van der Waals surface area contributed by atoms with Gasteiger partial charge in [-0.3, -0.25) is 4.79 Å². The summed E-state index contributed by atoms with van der Waals surface area (Å²) in [5, 5.41) is 0. The molecule has 0 fully saturated rings. The van der Waals surface area contributed by atoms with E-state index in [9.17, 15) is 14.0 Å². The van der Waals surface area contributed by atoms with E-state index in [-0.39, 0.29) is 17.4 Å². The summed E-state index contributed by atoms with van der Waals surface area (Å²) in [6, 6.07) is 2.73. The molecule has 1 aromatic rings. The fourth-order valence-electron chi connectivity index (χ4n) is 2.44. The molecule has 0 radical (unpaired) electrons. The van der Waals surface area contributed by atoms with Crippen molar-refractivity contribution in [1.82, 2.24) is 0 Å². The van der Waals surface area contributed by atoms with Crippen LogP contribution >= 0.6 is 0 Å². The number of anilines is 1. The fraction of sp³-hybridized carbons (Fsp3) is 0.429. The molecule has 1 amide bonds. The first kappa shape index (κ1) is 13.5. The minimum Gasteiger partial charge on any atom is -0.465 e. The monoisotopic (exact) mass is 265 g/mol. The number of carbonyl (C=O) groups is 2. The normalized spacial score (nSPS) is 17.9. The molecule has 5 heteroatoms. The van der Waals surface area contributed by atoms with Crippen LogP contribution in [0.2, 0.25) is 0 Å². The lowest BCUT2D eigenvalue weighted by Gasteiger charge is -2.32. The van der Waals surface area contributed by atoms with Gasteiger partial charge >= 0.3 is 5.97 Å². The first-order valence-electron chi connectivity index (χ1n) is 6.13. The number of rotatable bonds is 1. The fourth-order valence-corrected chi connectivity index (χ4v) is 2.44. The van der Waals surface area contributed by atoms with Gasteiger partial charge in [-0.25, -0.2) is 9.18 Å². The molecule has 0 saturated carbocycles. The molecule has 0 unspecified atom stereocenters.